The Kier molecular flexibility index (Phi) is 6.12. The molecule has 0 radical (unpaired) electrons. The van der Waals surface area contributed by atoms with E-state index in [-0.39, 0.29) is 17.7 Å². The lowest BCUT2D eigenvalue weighted by atomic mass is 9.95. The Morgan fingerprint density at radius 1 is 1.00 bits per heavy atom. The van der Waals surface area contributed by atoms with E-state index >= 15 is 0 Å². The third kappa shape index (κ3) is 4.54. The van der Waals surface area contributed by atoms with Gasteiger partial charge in [-0.25, -0.2) is 0 Å². The van der Waals surface area contributed by atoms with E-state index in [0.717, 1.165) is 47.8 Å². The molecule has 1 N–H and O–H groups in total. The molecule has 3 aromatic carbocycles. The van der Waals surface area contributed by atoms with Gasteiger partial charge in [0.1, 0.15) is 0 Å². The molecular weight excluding hydrogens is 372 g/mol. The highest BCUT2D eigenvalue weighted by Crippen LogP contribution is 2.23. The predicted octanol–water partition coefficient (Wildman–Crippen LogP) is 4.82. The number of anilines is 1. The van der Waals surface area contributed by atoms with Gasteiger partial charge in [0, 0.05) is 18.8 Å². The third-order valence-electron chi connectivity index (χ3n) is 6.00. The number of likely N-dealkylation sites (tertiary alicyclic amines) is 1. The molecule has 4 rings (SSSR count). The van der Waals surface area contributed by atoms with Crippen molar-refractivity contribution in [1.29, 1.82) is 0 Å². The van der Waals surface area contributed by atoms with Gasteiger partial charge in [-0.15, -0.1) is 0 Å². The van der Waals surface area contributed by atoms with Crippen LogP contribution in [0.1, 0.15) is 30.9 Å². The molecule has 1 aliphatic heterocycles. The number of fused-ring (bicyclic) bond motifs is 1. The first-order valence-electron chi connectivity index (χ1n) is 10.8. The second-order valence-electron chi connectivity index (χ2n) is 8.03. The van der Waals surface area contributed by atoms with Crippen LogP contribution in [0.3, 0.4) is 0 Å². The van der Waals surface area contributed by atoms with E-state index in [1.807, 2.05) is 53.4 Å². The molecule has 4 heteroatoms. The minimum Gasteiger partial charge on any atom is -0.342 e. The zero-order valence-corrected chi connectivity index (χ0v) is 17.4. The number of benzene rings is 3. The van der Waals surface area contributed by atoms with E-state index in [1.165, 1.54) is 5.56 Å². The molecule has 3 aromatic rings. The predicted molar refractivity (Wildman–Crippen MR) is 121 cm³/mol. The van der Waals surface area contributed by atoms with Crippen LogP contribution in [0.15, 0.2) is 66.7 Å². The maximum atomic E-state index is 13.0. The van der Waals surface area contributed by atoms with Crippen molar-refractivity contribution in [2.75, 3.05) is 18.4 Å². The zero-order chi connectivity index (χ0) is 20.9. The summed E-state index contributed by atoms with van der Waals surface area (Å²) in [5.74, 6) is -0.0702. The highest BCUT2D eigenvalue weighted by Gasteiger charge is 2.28. The van der Waals surface area contributed by atoms with E-state index in [2.05, 4.69) is 30.4 Å². The van der Waals surface area contributed by atoms with Crippen LogP contribution in [0, 0.1) is 5.92 Å². The average Bonchev–Trinajstić information content (AvgIpc) is 2.80. The summed E-state index contributed by atoms with van der Waals surface area (Å²) in [5, 5.41) is 5.29. The Labute approximate surface area is 177 Å². The van der Waals surface area contributed by atoms with Crippen LogP contribution in [-0.2, 0) is 22.4 Å². The van der Waals surface area contributed by atoms with Crippen molar-refractivity contribution in [3.8, 4) is 0 Å². The first kappa shape index (κ1) is 20.1. The van der Waals surface area contributed by atoms with Crippen LogP contribution >= 0.6 is 0 Å². The van der Waals surface area contributed by atoms with E-state index in [4.69, 9.17) is 0 Å². The van der Waals surface area contributed by atoms with Crippen LogP contribution in [0.2, 0.25) is 0 Å². The van der Waals surface area contributed by atoms with Gasteiger partial charge in [0.05, 0.1) is 12.3 Å². The Hall–Kier alpha value is -3.14. The fourth-order valence-corrected chi connectivity index (χ4v) is 4.21. The van der Waals surface area contributed by atoms with Gasteiger partial charge in [0.25, 0.3) is 0 Å². The van der Waals surface area contributed by atoms with Crippen molar-refractivity contribution in [3.63, 3.8) is 0 Å². The minimum absolute atomic E-state index is 0.00177. The van der Waals surface area contributed by atoms with Crippen molar-refractivity contribution in [3.05, 3.63) is 77.9 Å². The maximum Gasteiger partial charge on any atom is 0.229 e. The number of piperidine rings is 1. The summed E-state index contributed by atoms with van der Waals surface area (Å²) in [6, 6.07) is 22.2. The van der Waals surface area contributed by atoms with Crippen molar-refractivity contribution in [2.24, 2.45) is 5.92 Å². The van der Waals surface area contributed by atoms with E-state index in [1.54, 1.807) is 0 Å². The van der Waals surface area contributed by atoms with Gasteiger partial charge in [-0.05, 0) is 53.3 Å². The number of hydrogen-bond donors (Lipinski definition) is 1. The average molecular weight is 401 g/mol. The van der Waals surface area contributed by atoms with Gasteiger partial charge in [0.15, 0.2) is 0 Å². The maximum absolute atomic E-state index is 13.0. The summed E-state index contributed by atoms with van der Waals surface area (Å²) in [4.78, 5) is 27.6. The molecule has 0 aromatic heterocycles. The number of aryl methyl sites for hydroxylation is 1. The lowest BCUT2D eigenvalue weighted by molar-refractivity contribution is -0.133. The van der Waals surface area contributed by atoms with Gasteiger partial charge in [0.2, 0.25) is 11.8 Å². The van der Waals surface area contributed by atoms with Crippen LogP contribution in [0.4, 0.5) is 5.69 Å². The molecule has 1 fully saturated rings. The first-order valence-corrected chi connectivity index (χ1v) is 10.8. The van der Waals surface area contributed by atoms with Gasteiger partial charge in [-0.2, -0.15) is 0 Å². The number of rotatable bonds is 5. The summed E-state index contributed by atoms with van der Waals surface area (Å²) in [7, 11) is 0. The monoisotopic (exact) mass is 400 g/mol. The molecule has 4 nitrogen and oxygen atoms in total. The Morgan fingerprint density at radius 2 is 1.77 bits per heavy atom. The van der Waals surface area contributed by atoms with E-state index in [0.29, 0.717) is 13.0 Å². The molecule has 0 bridgehead atoms. The molecule has 0 unspecified atom stereocenters. The molecule has 0 spiro atoms. The first-order chi connectivity index (χ1) is 14.6. The molecule has 1 saturated heterocycles. The lowest BCUT2D eigenvalue weighted by Crippen LogP contribution is -2.44. The number of hydrogen-bond acceptors (Lipinski definition) is 2. The number of carbonyl (C=O) groups is 2. The summed E-state index contributed by atoms with van der Waals surface area (Å²) < 4.78 is 0. The van der Waals surface area contributed by atoms with Crippen LogP contribution in [-0.4, -0.2) is 29.8 Å². The fraction of sp³-hybridized carbons (Fsp3) is 0.308. The number of amides is 2. The number of nitrogens with zero attached hydrogens (tertiary/aromatic N) is 1. The minimum atomic E-state index is -0.166. The fourth-order valence-electron chi connectivity index (χ4n) is 4.21. The molecule has 1 atom stereocenters. The van der Waals surface area contributed by atoms with Gasteiger partial charge >= 0.3 is 0 Å². The number of nitrogens with one attached hydrogen (secondary N) is 1. The van der Waals surface area contributed by atoms with Crippen molar-refractivity contribution in [1.82, 2.24) is 4.90 Å². The summed E-state index contributed by atoms with van der Waals surface area (Å²) in [6.07, 6.45) is 3.02. The van der Waals surface area contributed by atoms with Crippen molar-refractivity contribution >= 4 is 28.3 Å². The molecule has 30 heavy (non-hydrogen) atoms. The van der Waals surface area contributed by atoms with Crippen LogP contribution in [0.25, 0.3) is 10.8 Å². The van der Waals surface area contributed by atoms with Gasteiger partial charge < -0.3 is 10.2 Å². The molecule has 1 aliphatic rings. The highest BCUT2D eigenvalue weighted by molar-refractivity contribution is 5.94. The van der Waals surface area contributed by atoms with Crippen LogP contribution in [0.5, 0.6) is 0 Å². The smallest absolute Gasteiger partial charge is 0.229 e. The van der Waals surface area contributed by atoms with Gasteiger partial charge in [-0.1, -0.05) is 61.5 Å². The molecule has 1 heterocycles. The third-order valence-corrected chi connectivity index (χ3v) is 6.00. The number of carbonyl (C=O) groups excluding carboxylic acids is 2. The summed E-state index contributed by atoms with van der Waals surface area (Å²) in [5.41, 5.74) is 3.10. The molecule has 2 amide bonds. The zero-order valence-electron chi connectivity index (χ0n) is 17.4. The van der Waals surface area contributed by atoms with Gasteiger partial charge in [-0.3, -0.25) is 9.59 Å². The quantitative estimate of drug-likeness (QED) is 0.667. The normalized spacial score (nSPS) is 16.4. The standard InChI is InChI=1S/C26H28N2O2/c1-2-19-12-14-23(15-13-19)27-26(30)22-10-6-16-28(18-22)25(29)17-21-9-5-8-20-7-3-4-11-24(20)21/h3-5,7-9,11-15,22H,2,6,10,16-18H2,1H3,(H,27,30)/t22-/m0/s1. The van der Waals surface area contributed by atoms with Crippen LogP contribution < -0.4 is 5.32 Å². The highest BCUT2D eigenvalue weighted by atomic mass is 16.2. The molecule has 154 valence electrons. The Bertz CT molecular complexity index is 1040. The molecule has 0 saturated carbocycles. The largest absolute Gasteiger partial charge is 0.342 e. The molecular formula is C26H28N2O2. The lowest BCUT2D eigenvalue weighted by Gasteiger charge is -2.32. The van der Waals surface area contributed by atoms with E-state index < -0.39 is 0 Å². The summed E-state index contributed by atoms with van der Waals surface area (Å²) >= 11 is 0. The van der Waals surface area contributed by atoms with Crippen molar-refractivity contribution in [2.45, 2.75) is 32.6 Å². The van der Waals surface area contributed by atoms with Crippen molar-refractivity contribution < 1.29 is 9.59 Å². The topological polar surface area (TPSA) is 49.4 Å². The Morgan fingerprint density at radius 3 is 2.57 bits per heavy atom. The SMILES string of the molecule is CCc1ccc(NC(=O)[C@H]2CCCN(C(=O)Cc3cccc4ccccc34)C2)cc1. The molecule has 0 aliphatic carbocycles. The second kappa shape index (κ2) is 9.12. The van der Waals surface area contributed by atoms with E-state index in [9.17, 15) is 9.59 Å². The summed E-state index contributed by atoms with van der Waals surface area (Å²) in [6.45, 7) is 3.32. The second-order valence-corrected chi connectivity index (χ2v) is 8.03. The Balaban J connectivity index is 1.40.